The van der Waals surface area contributed by atoms with Crippen LogP contribution < -0.4 is 20.1 Å². The monoisotopic (exact) mass is 437 g/mol. The number of methoxy groups -OCH3 is 2. The molecule has 168 valence electrons. The van der Waals surface area contributed by atoms with E-state index >= 15 is 0 Å². The first-order valence-corrected chi connectivity index (χ1v) is 10.8. The molecule has 1 aliphatic rings. The molecule has 4 rings (SSSR count). The highest BCUT2D eigenvalue weighted by atomic mass is 16.5. The second kappa shape index (κ2) is 9.78. The molecule has 0 bridgehead atoms. The molecule has 2 heterocycles. The Labute approximate surface area is 187 Å². The van der Waals surface area contributed by atoms with Gasteiger partial charge in [-0.05, 0) is 34.2 Å². The van der Waals surface area contributed by atoms with Gasteiger partial charge in [-0.15, -0.1) is 5.10 Å². The minimum absolute atomic E-state index is 0.0786. The van der Waals surface area contributed by atoms with Crippen molar-refractivity contribution in [2.75, 3.05) is 27.3 Å². The number of rotatable bonds is 8. The number of likely N-dealkylation sites (tertiary alicyclic amines) is 1. The third-order valence-electron chi connectivity index (χ3n) is 6.17. The molecule has 1 saturated heterocycles. The van der Waals surface area contributed by atoms with Crippen molar-refractivity contribution in [2.24, 2.45) is 11.7 Å². The molecule has 1 aromatic heterocycles. The van der Waals surface area contributed by atoms with E-state index < -0.39 is 0 Å². The Morgan fingerprint density at radius 2 is 1.84 bits per heavy atom. The number of hydrogen-bond acceptors (Lipinski definition) is 6. The van der Waals surface area contributed by atoms with E-state index in [1.54, 1.807) is 14.2 Å². The van der Waals surface area contributed by atoms with Crippen molar-refractivity contribution in [3.63, 3.8) is 0 Å². The van der Waals surface area contributed by atoms with Crippen LogP contribution in [0.25, 0.3) is 0 Å². The molecule has 9 nitrogen and oxygen atoms in total. The van der Waals surface area contributed by atoms with Crippen LogP contribution in [-0.2, 0) is 11.3 Å². The first-order chi connectivity index (χ1) is 15.6. The van der Waals surface area contributed by atoms with Crippen LogP contribution in [0.5, 0.6) is 11.5 Å². The zero-order valence-electron chi connectivity index (χ0n) is 18.4. The van der Waals surface area contributed by atoms with Gasteiger partial charge in [0, 0.05) is 24.3 Å². The van der Waals surface area contributed by atoms with Gasteiger partial charge in [-0.2, -0.15) is 0 Å². The second-order valence-corrected chi connectivity index (χ2v) is 8.06. The van der Waals surface area contributed by atoms with Crippen molar-refractivity contribution >= 4 is 5.91 Å². The summed E-state index contributed by atoms with van der Waals surface area (Å²) in [5.74, 6) is 1.80. The van der Waals surface area contributed by atoms with Gasteiger partial charge in [-0.3, -0.25) is 4.79 Å². The molecule has 0 saturated carbocycles. The lowest BCUT2D eigenvalue weighted by molar-refractivity contribution is -0.931. The van der Waals surface area contributed by atoms with Crippen LogP contribution in [0.1, 0.15) is 35.8 Å². The van der Waals surface area contributed by atoms with Crippen molar-refractivity contribution < 1.29 is 19.2 Å². The number of piperidine rings is 1. The van der Waals surface area contributed by atoms with Gasteiger partial charge in [0.15, 0.2) is 17.5 Å². The summed E-state index contributed by atoms with van der Waals surface area (Å²) in [5.41, 5.74) is 7.71. The van der Waals surface area contributed by atoms with Gasteiger partial charge in [0.25, 0.3) is 0 Å². The molecule has 0 radical (unpaired) electrons. The summed E-state index contributed by atoms with van der Waals surface area (Å²) in [4.78, 5) is 13.0. The third-order valence-corrected chi connectivity index (χ3v) is 6.17. The van der Waals surface area contributed by atoms with E-state index in [1.807, 2.05) is 41.1 Å². The molecule has 1 fully saturated rings. The summed E-state index contributed by atoms with van der Waals surface area (Å²) in [5, 5.41) is 12.7. The Morgan fingerprint density at radius 1 is 1.12 bits per heavy atom. The number of nitrogens with zero attached hydrogens (tertiary/aromatic N) is 4. The number of aromatic nitrogens is 4. The summed E-state index contributed by atoms with van der Waals surface area (Å²) >= 11 is 0. The minimum atomic E-state index is -0.222. The standard InChI is InChI=1S/C23H28N6O3/c1-31-19-9-8-18(14-20(19)32-2)21(28-12-10-17(11-13-28)22(24)30)23-25-26-27-29(23)15-16-6-4-3-5-7-16/h3-9,14,17,21H,10-13,15H2,1-2H3,(H2,24,30)/p+1/t21-/m0/s1. The van der Waals surface area contributed by atoms with Gasteiger partial charge in [0.05, 0.1) is 33.9 Å². The zero-order valence-corrected chi connectivity index (χ0v) is 18.4. The van der Waals surface area contributed by atoms with Crippen LogP contribution in [0.2, 0.25) is 0 Å². The van der Waals surface area contributed by atoms with E-state index in [1.165, 1.54) is 4.90 Å². The van der Waals surface area contributed by atoms with E-state index in [9.17, 15) is 4.79 Å². The normalized spacial score (nSPS) is 19.3. The summed E-state index contributed by atoms with van der Waals surface area (Å²) < 4.78 is 12.8. The fraction of sp³-hybridized carbons (Fsp3) is 0.391. The number of primary amides is 1. The van der Waals surface area contributed by atoms with Gasteiger partial charge < -0.3 is 20.1 Å². The number of carbonyl (C=O) groups is 1. The van der Waals surface area contributed by atoms with Crippen molar-refractivity contribution in [1.82, 2.24) is 20.2 Å². The molecule has 1 aliphatic heterocycles. The molecule has 9 heteroatoms. The Bertz CT molecular complexity index is 1050. The number of hydrogen-bond donors (Lipinski definition) is 2. The van der Waals surface area contributed by atoms with Crippen molar-refractivity contribution in [2.45, 2.75) is 25.4 Å². The van der Waals surface area contributed by atoms with Gasteiger partial charge in [-0.25, -0.2) is 4.68 Å². The van der Waals surface area contributed by atoms with Crippen LogP contribution in [0.4, 0.5) is 0 Å². The fourth-order valence-electron chi connectivity index (χ4n) is 4.45. The Hall–Kier alpha value is -3.46. The van der Waals surface area contributed by atoms with Crippen LogP contribution in [-0.4, -0.2) is 53.4 Å². The predicted octanol–water partition coefficient (Wildman–Crippen LogP) is 0.608. The molecule has 3 aromatic rings. The van der Waals surface area contributed by atoms with Crippen LogP contribution >= 0.6 is 0 Å². The van der Waals surface area contributed by atoms with Crippen LogP contribution in [0.3, 0.4) is 0 Å². The topological polar surface area (TPSA) is 110 Å². The molecule has 3 N–H and O–H groups in total. The molecule has 0 spiro atoms. The predicted molar refractivity (Wildman–Crippen MR) is 117 cm³/mol. The van der Waals surface area contributed by atoms with E-state index in [-0.39, 0.29) is 17.9 Å². The first-order valence-electron chi connectivity index (χ1n) is 10.8. The lowest BCUT2D eigenvalue weighted by Crippen LogP contribution is -3.13. The number of tetrazole rings is 1. The summed E-state index contributed by atoms with van der Waals surface area (Å²) in [6.07, 6.45) is 1.49. The molecular formula is C23H29N6O3+. The summed E-state index contributed by atoms with van der Waals surface area (Å²) in [7, 11) is 3.25. The maximum Gasteiger partial charge on any atom is 0.220 e. The average molecular weight is 438 g/mol. The Morgan fingerprint density at radius 3 is 2.50 bits per heavy atom. The molecule has 0 unspecified atom stereocenters. The number of ether oxygens (including phenoxy) is 2. The third kappa shape index (κ3) is 4.57. The maximum atomic E-state index is 11.7. The van der Waals surface area contributed by atoms with E-state index in [0.717, 1.165) is 42.9 Å². The molecule has 2 aromatic carbocycles. The van der Waals surface area contributed by atoms with Crippen LogP contribution in [0.15, 0.2) is 48.5 Å². The van der Waals surface area contributed by atoms with E-state index in [4.69, 9.17) is 15.2 Å². The van der Waals surface area contributed by atoms with Crippen molar-refractivity contribution in [1.29, 1.82) is 0 Å². The van der Waals surface area contributed by atoms with Gasteiger partial charge in [0.2, 0.25) is 11.7 Å². The number of quaternary nitrogens is 1. The number of nitrogens with two attached hydrogens (primary N) is 1. The SMILES string of the molecule is COc1ccc([C@@H](c2nnnn2Cc2ccccc2)[NH+]2CCC(C(N)=O)CC2)cc1OC. The number of amides is 1. The van der Waals surface area contributed by atoms with Crippen molar-refractivity contribution in [3.05, 3.63) is 65.5 Å². The van der Waals surface area contributed by atoms with Gasteiger partial charge in [0.1, 0.15) is 0 Å². The summed E-state index contributed by atoms with van der Waals surface area (Å²) in [6.45, 7) is 2.17. The Balaban J connectivity index is 1.71. The second-order valence-electron chi connectivity index (χ2n) is 8.06. The number of nitrogens with one attached hydrogen (secondary N) is 1. The highest BCUT2D eigenvalue weighted by Crippen LogP contribution is 2.31. The van der Waals surface area contributed by atoms with E-state index in [2.05, 4.69) is 27.7 Å². The largest absolute Gasteiger partial charge is 0.493 e. The minimum Gasteiger partial charge on any atom is -0.493 e. The smallest absolute Gasteiger partial charge is 0.220 e. The highest BCUT2D eigenvalue weighted by molar-refractivity contribution is 5.76. The average Bonchev–Trinajstić information content (AvgIpc) is 3.27. The first kappa shape index (κ1) is 21.8. The van der Waals surface area contributed by atoms with Crippen molar-refractivity contribution in [3.8, 4) is 11.5 Å². The fourth-order valence-corrected chi connectivity index (χ4v) is 4.45. The molecule has 0 aliphatic carbocycles. The van der Waals surface area contributed by atoms with Crippen LogP contribution in [0, 0.1) is 5.92 Å². The quantitative estimate of drug-likeness (QED) is 0.534. The lowest BCUT2D eigenvalue weighted by atomic mass is 9.93. The zero-order chi connectivity index (χ0) is 22.5. The molecule has 1 amide bonds. The molecular weight excluding hydrogens is 408 g/mol. The maximum absolute atomic E-state index is 11.7. The lowest BCUT2D eigenvalue weighted by Gasteiger charge is -2.33. The molecule has 32 heavy (non-hydrogen) atoms. The van der Waals surface area contributed by atoms with Gasteiger partial charge >= 0.3 is 0 Å². The van der Waals surface area contributed by atoms with Gasteiger partial charge in [-0.1, -0.05) is 30.3 Å². The number of benzene rings is 2. The Kier molecular flexibility index (Phi) is 6.65. The molecule has 1 atom stereocenters. The number of carbonyl (C=O) groups excluding carboxylic acids is 1. The van der Waals surface area contributed by atoms with E-state index in [0.29, 0.717) is 18.0 Å². The summed E-state index contributed by atoms with van der Waals surface area (Å²) in [6, 6.07) is 15.9. The highest BCUT2D eigenvalue weighted by Gasteiger charge is 2.36.